The van der Waals surface area contributed by atoms with Crippen molar-refractivity contribution in [3.8, 4) is 5.75 Å². The third-order valence-corrected chi connectivity index (χ3v) is 1.98. The molecular formula is C13H18N2O4. The number of carbonyl (C=O) groups excluding carboxylic acids is 2. The molecule has 0 aliphatic carbocycles. The highest BCUT2D eigenvalue weighted by atomic mass is 16.7. The van der Waals surface area contributed by atoms with Crippen molar-refractivity contribution in [3.63, 3.8) is 0 Å². The molecule has 0 heterocycles. The lowest BCUT2D eigenvalue weighted by atomic mass is 10.2. The second-order valence-corrected chi connectivity index (χ2v) is 4.89. The molecule has 0 atom stereocenters. The molecule has 2 amide bonds. The van der Waals surface area contributed by atoms with Crippen LogP contribution in [0.25, 0.3) is 0 Å². The van der Waals surface area contributed by atoms with Gasteiger partial charge in [-0.05, 0) is 32.9 Å². The average Bonchev–Trinajstić information content (AvgIpc) is 2.33. The molecule has 0 radical (unpaired) electrons. The van der Waals surface area contributed by atoms with Crippen LogP contribution < -0.4 is 16.0 Å². The van der Waals surface area contributed by atoms with Gasteiger partial charge in [0.05, 0.1) is 11.2 Å². The number of benzene rings is 1. The fourth-order valence-corrected chi connectivity index (χ4v) is 1.18. The summed E-state index contributed by atoms with van der Waals surface area (Å²) in [5.41, 5.74) is 7.20. The highest BCUT2D eigenvalue weighted by Gasteiger charge is 2.14. The Morgan fingerprint density at radius 3 is 2.47 bits per heavy atom. The van der Waals surface area contributed by atoms with E-state index in [4.69, 9.17) is 15.3 Å². The molecular weight excluding hydrogens is 248 g/mol. The zero-order valence-corrected chi connectivity index (χ0v) is 11.2. The molecule has 1 rings (SSSR count). The number of para-hydroxylation sites is 1. The molecule has 1 aromatic carbocycles. The zero-order chi connectivity index (χ0) is 14.5. The first-order valence-corrected chi connectivity index (χ1v) is 5.78. The van der Waals surface area contributed by atoms with Gasteiger partial charge in [-0.3, -0.25) is 14.4 Å². The van der Waals surface area contributed by atoms with Crippen LogP contribution in [0, 0.1) is 0 Å². The number of nitrogens with two attached hydrogens (primary N) is 1. The maximum atomic E-state index is 11.5. The molecule has 19 heavy (non-hydrogen) atoms. The monoisotopic (exact) mass is 266 g/mol. The summed E-state index contributed by atoms with van der Waals surface area (Å²) in [5.74, 6) is -0.794. The summed E-state index contributed by atoms with van der Waals surface area (Å²) in [7, 11) is 0. The average molecular weight is 266 g/mol. The number of hydrogen-bond donors (Lipinski definition) is 2. The predicted molar refractivity (Wildman–Crippen MR) is 69.4 cm³/mol. The van der Waals surface area contributed by atoms with E-state index in [9.17, 15) is 9.59 Å². The molecule has 0 aliphatic rings. The molecule has 6 heteroatoms. The molecule has 0 unspecified atom stereocenters. The van der Waals surface area contributed by atoms with Crippen molar-refractivity contribution in [3.05, 3.63) is 29.8 Å². The minimum atomic E-state index is -0.609. The van der Waals surface area contributed by atoms with Gasteiger partial charge in [-0.1, -0.05) is 12.1 Å². The van der Waals surface area contributed by atoms with E-state index in [1.165, 1.54) is 6.07 Å². The number of carbonyl (C=O) groups is 2. The van der Waals surface area contributed by atoms with Crippen LogP contribution in [-0.4, -0.2) is 24.0 Å². The lowest BCUT2D eigenvalue weighted by molar-refractivity contribution is -0.147. The van der Waals surface area contributed by atoms with Crippen molar-refractivity contribution >= 4 is 11.8 Å². The van der Waals surface area contributed by atoms with E-state index < -0.39 is 17.4 Å². The van der Waals surface area contributed by atoms with Gasteiger partial charge >= 0.3 is 0 Å². The Morgan fingerprint density at radius 2 is 1.89 bits per heavy atom. The Kier molecular flexibility index (Phi) is 4.88. The van der Waals surface area contributed by atoms with Crippen LogP contribution >= 0.6 is 0 Å². The SMILES string of the molecule is CC(C)(C)ONC(=O)COc1ccccc1C(N)=O. The van der Waals surface area contributed by atoms with Gasteiger partial charge in [0.2, 0.25) is 0 Å². The number of ether oxygens (including phenoxy) is 1. The summed E-state index contributed by atoms with van der Waals surface area (Å²) in [6.45, 7) is 5.14. The first-order valence-electron chi connectivity index (χ1n) is 5.78. The molecule has 6 nitrogen and oxygen atoms in total. The zero-order valence-electron chi connectivity index (χ0n) is 11.2. The molecule has 0 aromatic heterocycles. The summed E-state index contributed by atoms with van der Waals surface area (Å²) in [5, 5.41) is 0. The highest BCUT2D eigenvalue weighted by Crippen LogP contribution is 2.16. The minimum Gasteiger partial charge on any atom is -0.483 e. The van der Waals surface area contributed by atoms with Crippen LogP contribution in [0.4, 0.5) is 0 Å². The first-order chi connectivity index (χ1) is 8.79. The van der Waals surface area contributed by atoms with Crippen LogP contribution in [0.3, 0.4) is 0 Å². The van der Waals surface area contributed by atoms with E-state index in [0.717, 1.165) is 0 Å². The standard InChI is InChI=1S/C13H18N2O4/c1-13(2,3)19-15-11(16)8-18-10-7-5-4-6-9(10)12(14)17/h4-7H,8H2,1-3H3,(H2,14,17)(H,15,16). The van der Waals surface area contributed by atoms with Gasteiger partial charge < -0.3 is 10.5 Å². The van der Waals surface area contributed by atoms with Gasteiger partial charge in [-0.2, -0.15) is 0 Å². The Hall–Kier alpha value is -2.08. The van der Waals surface area contributed by atoms with Crippen molar-refractivity contribution in [1.82, 2.24) is 5.48 Å². The Labute approximate surface area is 111 Å². The van der Waals surface area contributed by atoms with E-state index in [-0.39, 0.29) is 17.9 Å². The molecule has 0 fully saturated rings. The molecule has 104 valence electrons. The molecule has 0 saturated heterocycles. The quantitative estimate of drug-likeness (QED) is 0.778. The van der Waals surface area contributed by atoms with E-state index >= 15 is 0 Å². The van der Waals surface area contributed by atoms with E-state index in [1.54, 1.807) is 39.0 Å². The maximum absolute atomic E-state index is 11.5. The molecule has 3 N–H and O–H groups in total. The third-order valence-electron chi connectivity index (χ3n) is 1.98. The second kappa shape index (κ2) is 6.19. The summed E-state index contributed by atoms with van der Waals surface area (Å²) < 4.78 is 5.23. The number of primary amides is 1. The van der Waals surface area contributed by atoms with Gasteiger partial charge in [0.15, 0.2) is 6.61 Å². The number of hydrogen-bond acceptors (Lipinski definition) is 4. The lowest BCUT2D eigenvalue weighted by Gasteiger charge is -2.19. The molecule has 0 aliphatic heterocycles. The fraction of sp³-hybridized carbons (Fsp3) is 0.385. The smallest absolute Gasteiger partial charge is 0.281 e. The highest BCUT2D eigenvalue weighted by molar-refractivity contribution is 5.95. The number of amides is 2. The summed E-state index contributed by atoms with van der Waals surface area (Å²) in [4.78, 5) is 27.7. The molecule has 0 spiro atoms. The number of nitrogens with one attached hydrogen (secondary N) is 1. The maximum Gasteiger partial charge on any atom is 0.281 e. The first kappa shape index (κ1) is 15.0. The van der Waals surface area contributed by atoms with Gasteiger partial charge in [-0.15, -0.1) is 0 Å². The normalized spacial score (nSPS) is 10.9. The molecule has 1 aromatic rings. The summed E-state index contributed by atoms with van der Waals surface area (Å²) >= 11 is 0. The Morgan fingerprint density at radius 1 is 1.26 bits per heavy atom. The largest absolute Gasteiger partial charge is 0.483 e. The van der Waals surface area contributed by atoms with Crippen LogP contribution in [-0.2, 0) is 9.63 Å². The summed E-state index contributed by atoms with van der Waals surface area (Å²) in [6.07, 6.45) is 0. The van der Waals surface area contributed by atoms with Crippen molar-refractivity contribution in [1.29, 1.82) is 0 Å². The predicted octanol–water partition coefficient (Wildman–Crippen LogP) is 1.01. The Balaban J connectivity index is 2.53. The number of rotatable bonds is 5. The van der Waals surface area contributed by atoms with Gasteiger partial charge in [0, 0.05) is 0 Å². The summed E-state index contributed by atoms with van der Waals surface area (Å²) in [6, 6.07) is 6.44. The van der Waals surface area contributed by atoms with Crippen molar-refractivity contribution < 1.29 is 19.2 Å². The third kappa shape index (κ3) is 5.39. The fourth-order valence-electron chi connectivity index (χ4n) is 1.18. The van der Waals surface area contributed by atoms with Gasteiger partial charge in [0.25, 0.3) is 11.8 Å². The van der Waals surface area contributed by atoms with E-state index in [0.29, 0.717) is 0 Å². The molecule has 0 bridgehead atoms. The van der Waals surface area contributed by atoms with Crippen LogP contribution in [0.1, 0.15) is 31.1 Å². The van der Waals surface area contributed by atoms with E-state index in [2.05, 4.69) is 5.48 Å². The molecule has 0 saturated carbocycles. The van der Waals surface area contributed by atoms with Crippen molar-refractivity contribution in [2.24, 2.45) is 5.73 Å². The van der Waals surface area contributed by atoms with Gasteiger partial charge in [-0.25, -0.2) is 5.48 Å². The van der Waals surface area contributed by atoms with Crippen LogP contribution in [0.15, 0.2) is 24.3 Å². The lowest BCUT2D eigenvalue weighted by Crippen LogP contribution is -2.36. The minimum absolute atomic E-state index is 0.229. The van der Waals surface area contributed by atoms with Gasteiger partial charge in [0.1, 0.15) is 5.75 Å². The second-order valence-electron chi connectivity index (χ2n) is 4.89. The topological polar surface area (TPSA) is 90.7 Å². The van der Waals surface area contributed by atoms with Crippen LogP contribution in [0.5, 0.6) is 5.75 Å². The number of hydroxylamine groups is 1. The van der Waals surface area contributed by atoms with E-state index in [1.807, 2.05) is 0 Å². The van der Waals surface area contributed by atoms with Crippen molar-refractivity contribution in [2.75, 3.05) is 6.61 Å². The Bertz CT molecular complexity index is 466. The van der Waals surface area contributed by atoms with Crippen molar-refractivity contribution in [2.45, 2.75) is 26.4 Å². The van der Waals surface area contributed by atoms with Crippen LogP contribution in [0.2, 0.25) is 0 Å².